The van der Waals surface area contributed by atoms with Crippen molar-refractivity contribution in [1.82, 2.24) is 34.3 Å². The second-order valence-electron chi connectivity index (χ2n) is 14.8. The van der Waals surface area contributed by atoms with Gasteiger partial charge < -0.3 is 18.8 Å². The maximum atomic E-state index is 12.6. The third kappa shape index (κ3) is 7.66. The fraction of sp³-hybridized carbons (Fsp3) is 0.529. The molecule has 1 amide bonds. The number of pyridine rings is 2. The number of fused-ring (bicyclic) bond motifs is 1. The molecule has 5 heterocycles. The number of amides is 1. The lowest BCUT2D eigenvalue weighted by Crippen LogP contribution is -2.42. The molecule has 0 radical (unpaired) electrons. The van der Waals surface area contributed by atoms with Crippen LogP contribution in [0, 0.1) is 18.3 Å². The van der Waals surface area contributed by atoms with Gasteiger partial charge in [-0.05, 0) is 76.9 Å². The molecule has 4 aromatic heterocycles. The summed E-state index contributed by atoms with van der Waals surface area (Å²) in [5, 5.41) is 19.6. The summed E-state index contributed by atoms with van der Waals surface area (Å²) in [7, 11) is -2.15. The average Bonchev–Trinajstić information content (AvgIpc) is 3.61. The summed E-state index contributed by atoms with van der Waals surface area (Å²) in [4.78, 5) is 23.4. The van der Waals surface area contributed by atoms with Crippen LogP contribution in [-0.2, 0) is 9.16 Å². The number of ether oxygens (including phenoxy) is 2. The molecular formula is C34H45ClN8O4Si. The van der Waals surface area contributed by atoms with E-state index in [0.717, 1.165) is 24.1 Å². The number of hydrogen-bond donors (Lipinski definition) is 0. The van der Waals surface area contributed by atoms with E-state index in [0.29, 0.717) is 46.7 Å². The smallest absolute Gasteiger partial charge is 0.410 e. The molecule has 0 aromatic carbocycles. The molecule has 5 rings (SSSR count). The normalized spacial score (nSPS) is 15.4. The summed E-state index contributed by atoms with van der Waals surface area (Å²) in [5.74, 6) is 0.400. The number of piperidine rings is 1. The van der Waals surface area contributed by atoms with Crippen LogP contribution in [0.1, 0.15) is 83.6 Å². The maximum absolute atomic E-state index is 12.6. The molecule has 14 heteroatoms. The van der Waals surface area contributed by atoms with Crippen LogP contribution in [0.15, 0.2) is 36.7 Å². The Morgan fingerprint density at radius 3 is 2.42 bits per heavy atom. The summed E-state index contributed by atoms with van der Waals surface area (Å²) in [6, 6.07) is 9.63. The molecule has 12 nitrogen and oxygen atoms in total. The van der Waals surface area contributed by atoms with Gasteiger partial charge in [0, 0.05) is 30.9 Å². The zero-order valence-corrected chi connectivity index (χ0v) is 31.0. The molecule has 1 aliphatic rings. The van der Waals surface area contributed by atoms with Crippen LogP contribution in [0.4, 0.5) is 4.79 Å². The zero-order chi connectivity index (χ0) is 35.0. The van der Waals surface area contributed by atoms with Gasteiger partial charge in [-0.25, -0.2) is 14.5 Å². The van der Waals surface area contributed by atoms with Crippen molar-refractivity contribution >= 4 is 31.7 Å². The van der Waals surface area contributed by atoms with Crippen LogP contribution in [0.3, 0.4) is 0 Å². The van der Waals surface area contributed by atoms with E-state index in [4.69, 9.17) is 25.5 Å². The summed E-state index contributed by atoms with van der Waals surface area (Å²) < 4.78 is 22.5. The van der Waals surface area contributed by atoms with Crippen molar-refractivity contribution < 1.29 is 18.7 Å². The fourth-order valence-corrected chi connectivity index (χ4v) is 6.47. The number of carbonyl (C=O) groups is 1. The molecule has 48 heavy (non-hydrogen) atoms. The summed E-state index contributed by atoms with van der Waals surface area (Å²) >= 11 is 6.18. The van der Waals surface area contributed by atoms with Crippen molar-refractivity contribution in [2.75, 3.05) is 19.7 Å². The summed E-state index contributed by atoms with van der Waals surface area (Å²) in [6.07, 6.45) is 3.67. The molecule has 1 aliphatic heterocycles. The van der Waals surface area contributed by atoms with E-state index in [1.165, 1.54) is 6.20 Å². The Bertz CT molecular complexity index is 1810. The molecule has 1 atom stereocenters. The van der Waals surface area contributed by atoms with Crippen molar-refractivity contribution in [1.29, 1.82) is 5.26 Å². The highest BCUT2D eigenvalue weighted by molar-refractivity contribution is 6.74. The van der Waals surface area contributed by atoms with Gasteiger partial charge in [0.1, 0.15) is 28.7 Å². The van der Waals surface area contributed by atoms with Gasteiger partial charge in [0.05, 0.1) is 35.3 Å². The minimum absolute atomic E-state index is 0.00775. The Hall–Kier alpha value is -3.99. The second kappa shape index (κ2) is 13.5. The summed E-state index contributed by atoms with van der Waals surface area (Å²) in [5.41, 5.74) is 3.28. The third-order valence-corrected chi connectivity index (χ3v) is 13.8. The molecular weight excluding hydrogens is 648 g/mol. The maximum Gasteiger partial charge on any atom is 0.410 e. The standard InChI is InChI=1S/C34H45ClN8O4Si/c1-22-31(39-40-43(22)25-12-14-41(15-13-25)32(44)47-33(2,3)4)23-16-29-38-20-26(18-36)42(29)30(17-23)46-28(27-11-10-24(35)19-37-27)21-45-48(8,9)34(5,6)7/h10-11,16-17,19-20,25,28H,12-15,21H2,1-9H3. The van der Waals surface area contributed by atoms with E-state index in [1.807, 2.05) is 50.6 Å². The van der Waals surface area contributed by atoms with Gasteiger partial charge in [-0.2, -0.15) is 5.26 Å². The first-order valence-electron chi connectivity index (χ1n) is 16.2. The molecule has 0 spiro atoms. The first-order valence-corrected chi connectivity index (χ1v) is 19.5. The molecule has 4 aromatic rings. The SMILES string of the molecule is Cc1c(-c2cc(OC(CO[Si](C)(C)C(C)(C)C)c3ccc(Cl)cn3)n3c(C#N)cnc3c2)nnn1C1CCN(C(=O)OC(C)(C)C)CC1. The van der Waals surface area contributed by atoms with Crippen LogP contribution in [0.2, 0.25) is 23.2 Å². The first kappa shape index (κ1) is 35.3. The molecule has 0 bridgehead atoms. The number of hydrogen-bond acceptors (Lipinski definition) is 9. The van der Waals surface area contributed by atoms with Crippen LogP contribution in [-0.4, -0.2) is 74.0 Å². The number of likely N-dealkylation sites (tertiary alicyclic amines) is 1. The molecule has 1 saturated heterocycles. The van der Waals surface area contributed by atoms with Crippen molar-refractivity contribution in [2.45, 2.75) is 97.2 Å². The van der Waals surface area contributed by atoms with Crippen molar-refractivity contribution in [3.63, 3.8) is 0 Å². The molecule has 0 aliphatic carbocycles. The van der Waals surface area contributed by atoms with E-state index < -0.39 is 20.0 Å². The second-order valence-corrected chi connectivity index (χ2v) is 20.0. The average molecular weight is 693 g/mol. The van der Waals surface area contributed by atoms with Gasteiger partial charge in [0.15, 0.2) is 14.4 Å². The first-order chi connectivity index (χ1) is 22.5. The highest BCUT2D eigenvalue weighted by atomic mass is 35.5. The van der Waals surface area contributed by atoms with Crippen molar-refractivity contribution in [3.8, 4) is 23.2 Å². The van der Waals surface area contributed by atoms with Crippen LogP contribution in [0.25, 0.3) is 16.9 Å². The zero-order valence-electron chi connectivity index (χ0n) is 29.2. The molecule has 256 valence electrons. The molecule has 1 fully saturated rings. The van der Waals surface area contributed by atoms with E-state index in [1.54, 1.807) is 21.6 Å². The monoisotopic (exact) mass is 692 g/mol. The fourth-order valence-electron chi connectivity index (χ4n) is 5.36. The number of nitriles is 1. The Labute approximate surface area is 288 Å². The van der Waals surface area contributed by atoms with Crippen LogP contribution in [0.5, 0.6) is 5.88 Å². The predicted molar refractivity (Wildman–Crippen MR) is 186 cm³/mol. The van der Waals surface area contributed by atoms with E-state index in [2.05, 4.69) is 60.2 Å². The van der Waals surface area contributed by atoms with Gasteiger partial charge in [0.25, 0.3) is 0 Å². The Kier molecular flexibility index (Phi) is 9.92. The predicted octanol–water partition coefficient (Wildman–Crippen LogP) is 7.54. The Balaban J connectivity index is 1.46. The number of rotatable bonds is 8. The van der Waals surface area contributed by atoms with Crippen molar-refractivity contribution in [2.24, 2.45) is 0 Å². The van der Waals surface area contributed by atoms with Gasteiger partial charge in [0.2, 0.25) is 5.88 Å². The number of carbonyl (C=O) groups excluding carboxylic acids is 1. The molecule has 1 unspecified atom stereocenters. The van der Waals surface area contributed by atoms with E-state index in [-0.39, 0.29) is 23.8 Å². The van der Waals surface area contributed by atoms with Gasteiger partial charge in [-0.3, -0.25) is 9.38 Å². The van der Waals surface area contributed by atoms with Crippen LogP contribution < -0.4 is 4.74 Å². The lowest BCUT2D eigenvalue weighted by atomic mass is 10.0. The lowest BCUT2D eigenvalue weighted by molar-refractivity contribution is 0.0183. The lowest BCUT2D eigenvalue weighted by Gasteiger charge is -2.37. The Morgan fingerprint density at radius 1 is 1.10 bits per heavy atom. The summed E-state index contributed by atoms with van der Waals surface area (Å²) in [6.45, 7) is 19.9. The van der Waals surface area contributed by atoms with Crippen LogP contribution >= 0.6 is 11.6 Å². The number of aromatic nitrogens is 6. The van der Waals surface area contributed by atoms with E-state index >= 15 is 0 Å². The molecule has 0 N–H and O–H groups in total. The van der Waals surface area contributed by atoms with E-state index in [9.17, 15) is 10.1 Å². The highest BCUT2D eigenvalue weighted by Gasteiger charge is 2.38. The number of nitrogens with zero attached hydrogens (tertiary/aromatic N) is 8. The highest BCUT2D eigenvalue weighted by Crippen LogP contribution is 2.38. The minimum atomic E-state index is -2.15. The topological polar surface area (TPSA) is 133 Å². The minimum Gasteiger partial charge on any atom is -0.466 e. The number of halogens is 1. The van der Waals surface area contributed by atoms with Gasteiger partial charge in [-0.15, -0.1) is 5.10 Å². The van der Waals surface area contributed by atoms with Gasteiger partial charge in [-0.1, -0.05) is 37.6 Å². The van der Waals surface area contributed by atoms with Crippen molar-refractivity contribution in [3.05, 3.63) is 58.8 Å². The van der Waals surface area contributed by atoms with Gasteiger partial charge >= 0.3 is 6.09 Å². The molecule has 0 saturated carbocycles. The number of imidazole rings is 1. The largest absolute Gasteiger partial charge is 0.466 e. The quantitative estimate of drug-likeness (QED) is 0.172. The third-order valence-electron chi connectivity index (χ3n) is 9.10. The Morgan fingerprint density at radius 2 is 1.81 bits per heavy atom.